The summed E-state index contributed by atoms with van der Waals surface area (Å²) in [5.74, 6) is 3.02. The molecule has 3 N–H and O–H groups in total. The zero-order valence-electron chi connectivity index (χ0n) is 9.54. The van der Waals surface area contributed by atoms with Gasteiger partial charge in [-0.15, -0.1) is 0 Å². The molecule has 0 bridgehead atoms. The Kier molecular flexibility index (Phi) is 2.50. The van der Waals surface area contributed by atoms with Crippen molar-refractivity contribution in [2.45, 2.75) is 39.7 Å². The van der Waals surface area contributed by atoms with Gasteiger partial charge in [-0.3, -0.25) is 0 Å². The summed E-state index contributed by atoms with van der Waals surface area (Å²) in [5, 5.41) is 3.44. The van der Waals surface area contributed by atoms with Crippen LogP contribution in [-0.2, 0) is 0 Å². The van der Waals surface area contributed by atoms with Gasteiger partial charge in [-0.2, -0.15) is 0 Å². The van der Waals surface area contributed by atoms with Crippen molar-refractivity contribution in [2.75, 3.05) is 11.1 Å². The van der Waals surface area contributed by atoms with Gasteiger partial charge in [0.2, 0.25) is 0 Å². The molecule has 0 aromatic carbocycles. The molecule has 0 amide bonds. The zero-order chi connectivity index (χ0) is 11.0. The van der Waals surface area contributed by atoms with Crippen LogP contribution in [-0.4, -0.2) is 16.0 Å². The lowest BCUT2D eigenvalue weighted by Gasteiger charge is -2.10. The van der Waals surface area contributed by atoms with Crippen LogP contribution in [0.1, 0.15) is 31.2 Å². The number of nitrogens with one attached hydrogen (secondary N) is 1. The average molecular weight is 206 g/mol. The Morgan fingerprint density at radius 2 is 2.13 bits per heavy atom. The average Bonchev–Trinajstić information content (AvgIpc) is 2.92. The first-order chi connectivity index (χ1) is 7.11. The summed E-state index contributed by atoms with van der Waals surface area (Å²) in [6.45, 7) is 6.05. The molecule has 0 saturated heterocycles. The van der Waals surface area contributed by atoms with Crippen molar-refractivity contribution in [3.63, 3.8) is 0 Å². The highest BCUT2D eigenvalue weighted by molar-refractivity contribution is 5.55. The molecule has 0 spiro atoms. The molecule has 1 saturated carbocycles. The van der Waals surface area contributed by atoms with E-state index in [0.29, 0.717) is 11.9 Å². The molecule has 4 heteroatoms. The first-order valence-corrected chi connectivity index (χ1v) is 5.49. The predicted octanol–water partition coefficient (Wildman–Crippen LogP) is 1.89. The van der Waals surface area contributed by atoms with E-state index in [4.69, 9.17) is 5.73 Å². The quantitative estimate of drug-likeness (QED) is 0.792. The van der Waals surface area contributed by atoms with Gasteiger partial charge in [0.25, 0.3) is 0 Å². The summed E-state index contributed by atoms with van der Waals surface area (Å²) in [7, 11) is 0. The monoisotopic (exact) mass is 206 g/mol. The van der Waals surface area contributed by atoms with Gasteiger partial charge in [0.15, 0.2) is 0 Å². The highest BCUT2D eigenvalue weighted by atomic mass is 15.1. The zero-order valence-corrected chi connectivity index (χ0v) is 9.54. The third-order valence-corrected chi connectivity index (χ3v) is 3.06. The Labute approximate surface area is 90.3 Å². The molecule has 1 aromatic rings. The molecule has 82 valence electrons. The molecule has 0 radical (unpaired) electrons. The van der Waals surface area contributed by atoms with Crippen LogP contribution in [0.2, 0.25) is 0 Å². The Bertz CT molecular complexity index is 375. The lowest BCUT2D eigenvalue weighted by molar-refractivity contribution is 0.772. The van der Waals surface area contributed by atoms with Crippen LogP contribution < -0.4 is 11.1 Å². The fraction of sp³-hybridized carbons (Fsp3) is 0.636. The molecule has 0 aliphatic heterocycles. The molecule has 1 fully saturated rings. The second kappa shape index (κ2) is 3.68. The van der Waals surface area contributed by atoms with E-state index in [-0.39, 0.29) is 0 Å². The third-order valence-electron chi connectivity index (χ3n) is 3.06. The maximum Gasteiger partial charge on any atom is 0.134 e. The maximum atomic E-state index is 5.79. The van der Waals surface area contributed by atoms with E-state index >= 15 is 0 Å². The number of hydrogen-bond acceptors (Lipinski definition) is 4. The van der Waals surface area contributed by atoms with Crippen molar-refractivity contribution >= 4 is 11.6 Å². The van der Waals surface area contributed by atoms with E-state index in [1.807, 2.05) is 13.8 Å². The molecular formula is C11H18N4. The minimum atomic E-state index is 0.582. The van der Waals surface area contributed by atoms with Crippen molar-refractivity contribution in [2.24, 2.45) is 5.92 Å². The number of hydrogen-bond donors (Lipinski definition) is 2. The third kappa shape index (κ3) is 2.03. The van der Waals surface area contributed by atoms with E-state index in [9.17, 15) is 0 Å². The van der Waals surface area contributed by atoms with Gasteiger partial charge in [-0.05, 0) is 26.2 Å². The molecule has 1 heterocycles. The normalized spacial score (nSPS) is 23.9. The van der Waals surface area contributed by atoms with E-state index < -0.39 is 0 Å². The van der Waals surface area contributed by atoms with Crippen molar-refractivity contribution in [3.05, 3.63) is 11.4 Å². The van der Waals surface area contributed by atoms with Gasteiger partial charge in [-0.1, -0.05) is 13.3 Å². The molecule has 1 aliphatic rings. The van der Waals surface area contributed by atoms with Crippen molar-refractivity contribution in [3.8, 4) is 0 Å². The number of nitrogens with two attached hydrogens (primary N) is 1. The Morgan fingerprint density at radius 1 is 1.40 bits per heavy atom. The van der Waals surface area contributed by atoms with Crippen LogP contribution in [0.3, 0.4) is 0 Å². The van der Waals surface area contributed by atoms with Crippen LogP contribution in [0.15, 0.2) is 0 Å². The van der Waals surface area contributed by atoms with Crippen LogP contribution >= 0.6 is 0 Å². The van der Waals surface area contributed by atoms with Gasteiger partial charge in [0.1, 0.15) is 17.5 Å². The SMILES string of the molecule is CCC1CC1Nc1nc(C)nc(N)c1C. The fourth-order valence-corrected chi connectivity index (χ4v) is 1.84. The molecule has 1 aromatic heterocycles. The first-order valence-electron chi connectivity index (χ1n) is 5.49. The highest BCUT2D eigenvalue weighted by Crippen LogP contribution is 2.36. The number of aromatic nitrogens is 2. The second-order valence-electron chi connectivity index (χ2n) is 4.28. The standard InChI is InChI=1S/C11H18N4/c1-4-8-5-9(8)15-11-6(2)10(12)13-7(3)14-11/h8-9H,4-5H2,1-3H3,(H3,12,13,14,15). The van der Waals surface area contributed by atoms with Crippen LogP contribution in [0.25, 0.3) is 0 Å². The summed E-state index contributed by atoms with van der Waals surface area (Å²) in [4.78, 5) is 8.51. The number of anilines is 2. The maximum absolute atomic E-state index is 5.79. The number of nitrogen functional groups attached to an aromatic ring is 1. The molecular weight excluding hydrogens is 188 g/mol. The van der Waals surface area contributed by atoms with E-state index in [1.165, 1.54) is 12.8 Å². The Hall–Kier alpha value is -1.32. The second-order valence-corrected chi connectivity index (χ2v) is 4.28. The van der Waals surface area contributed by atoms with Crippen molar-refractivity contribution < 1.29 is 0 Å². The fourth-order valence-electron chi connectivity index (χ4n) is 1.84. The summed E-state index contributed by atoms with van der Waals surface area (Å²) in [6.07, 6.45) is 2.48. The van der Waals surface area contributed by atoms with Gasteiger partial charge in [0, 0.05) is 11.6 Å². The number of rotatable bonds is 3. The summed E-state index contributed by atoms with van der Waals surface area (Å²) >= 11 is 0. The minimum absolute atomic E-state index is 0.582. The molecule has 2 rings (SSSR count). The van der Waals surface area contributed by atoms with E-state index in [1.54, 1.807) is 0 Å². The number of nitrogens with zero attached hydrogens (tertiary/aromatic N) is 2. The lowest BCUT2D eigenvalue weighted by Crippen LogP contribution is -2.11. The van der Waals surface area contributed by atoms with Gasteiger partial charge >= 0.3 is 0 Å². The smallest absolute Gasteiger partial charge is 0.134 e. The van der Waals surface area contributed by atoms with Crippen molar-refractivity contribution in [1.82, 2.24) is 9.97 Å². The van der Waals surface area contributed by atoms with Crippen molar-refractivity contribution in [1.29, 1.82) is 0 Å². The Morgan fingerprint density at radius 3 is 2.73 bits per heavy atom. The number of aryl methyl sites for hydroxylation is 1. The summed E-state index contributed by atoms with van der Waals surface area (Å²) in [6, 6.07) is 0.586. The first kappa shape index (κ1) is 10.2. The molecule has 1 aliphatic carbocycles. The van der Waals surface area contributed by atoms with Crippen LogP contribution in [0.4, 0.5) is 11.6 Å². The van der Waals surface area contributed by atoms with Crippen LogP contribution in [0.5, 0.6) is 0 Å². The topological polar surface area (TPSA) is 63.8 Å². The van der Waals surface area contributed by atoms with Gasteiger partial charge in [0.05, 0.1) is 0 Å². The largest absolute Gasteiger partial charge is 0.383 e. The molecule has 2 atom stereocenters. The van der Waals surface area contributed by atoms with Gasteiger partial charge in [-0.25, -0.2) is 9.97 Å². The van der Waals surface area contributed by atoms with E-state index in [0.717, 1.165) is 23.1 Å². The van der Waals surface area contributed by atoms with E-state index in [2.05, 4.69) is 22.2 Å². The summed E-state index contributed by atoms with van der Waals surface area (Å²) in [5.41, 5.74) is 6.75. The van der Waals surface area contributed by atoms with Crippen LogP contribution in [0, 0.1) is 19.8 Å². The highest BCUT2D eigenvalue weighted by Gasteiger charge is 2.35. The minimum Gasteiger partial charge on any atom is -0.383 e. The Balaban J connectivity index is 2.14. The van der Waals surface area contributed by atoms with Gasteiger partial charge < -0.3 is 11.1 Å². The lowest BCUT2D eigenvalue weighted by atomic mass is 10.3. The molecule has 2 unspecified atom stereocenters. The summed E-state index contributed by atoms with van der Waals surface area (Å²) < 4.78 is 0. The molecule has 15 heavy (non-hydrogen) atoms. The predicted molar refractivity (Wildman–Crippen MR) is 61.7 cm³/mol. The molecule has 4 nitrogen and oxygen atoms in total.